The molecule has 2 atom stereocenters. The van der Waals surface area contributed by atoms with Crippen molar-refractivity contribution in [3.63, 3.8) is 0 Å². The number of carbonyl (C=O) groups is 1. The first-order chi connectivity index (χ1) is 9.19. The summed E-state index contributed by atoms with van der Waals surface area (Å²) in [6.07, 6.45) is 5.02. The number of hydrogen-bond acceptors (Lipinski definition) is 2. The molecule has 3 heteroatoms. The Bertz CT molecular complexity index is 400. The van der Waals surface area contributed by atoms with E-state index < -0.39 is 0 Å². The van der Waals surface area contributed by atoms with E-state index >= 15 is 0 Å². The molecule has 19 heavy (non-hydrogen) atoms. The number of para-hydroxylation sites is 1. The van der Waals surface area contributed by atoms with E-state index in [2.05, 4.69) is 17.6 Å². The summed E-state index contributed by atoms with van der Waals surface area (Å²) in [6, 6.07) is 9.93. The largest absolute Gasteiger partial charge is 0.325 e. The van der Waals surface area contributed by atoms with Gasteiger partial charge >= 0.3 is 0 Å². The van der Waals surface area contributed by atoms with Crippen molar-refractivity contribution in [1.82, 2.24) is 5.32 Å². The van der Waals surface area contributed by atoms with Crippen LogP contribution in [0.5, 0.6) is 0 Å². The third-order valence-corrected chi connectivity index (χ3v) is 3.73. The maximum absolute atomic E-state index is 12.1. The predicted molar refractivity (Wildman–Crippen MR) is 79.1 cm³/mol. The van der Waals surface area contributed by atoms with Gasteiger partial charge in [0.25, 0.3) is 0 Å². The standard InChI is InChI=1S/C16H24N2O/c1-3-14(11-13-9-10-13)17-12(2)16(19)18-15-7-5-4-6-8-15/h4-8,12-14,17H,3,9-11H2,1-2H3,(H,18,19). The molecule has 0 saturated heterocycles. The smallest absolute Gasteiger partial charge is 0.241 e. The van der Waals surface area contributed by atoms with Crippen LogP contribution in [0.3, 0.4) is 0 Å². The molecule has 2 unspecified atom stereocenters. The van der Waals surface area contributed by atoms with Crippen molar-refractivity contribution in [3.8, 4) is 0 Å². The maximum Gasteiger partial charge on any atom is 0.241 e. The van der Waals surface area contributed by atoms with Gasteiger partial charge in [-0.25, -0.2) is 0 Å². The van der Waals surface area contributed by atoms with Crippen LogP contribution in [0.15, 0.2) is 30.3 Å². The third-order valence-electron chi connectivity index (χ3n) is 3.73. The van der Waals surface area contributed by atoms with E-state index in [4.69, 9.17) is 0 Å². The zero-order chi connectivity index (χ0) is 13.7. The number of nitrogens with one attached hydrogen (secondary N) is 2. The van der Waals surface area contributed by atoms with Gasteiger partial charge in [0, 0.05) is 11.7 Å². The number of carbonyl (C=O) groups excluding carboxylic acids is 1. The van der Waals surface area contributed by atoms with Crippen LogP contribution >= 0.6 is 0 Å². The first-order valence-corrected chi connectivity index (χ1v) is 7.31. The molecule has 2 N–H and O–H groups in total. The second kappa shape index (κ2) is 6.71. The molecule has 1 aromatic carbocycles. The van der Waals surface area contributed by atoms with Crippen LogP contribution in [0.4, 0.5) is 5.69 Å². The highest BCUT2D eigenvalue weighted by atomic mass is 16.2. The maximum atomic E-state index is 12.1. The molecule has 1 fully saturated rings. The average Bonchev–Trinajstić information content (AvgIpc) is 3.23. The number of benzene rings is 1. The number of hydrogen-bond donors (Lipinski definition) is 2. The van der Waals surface area contributed by atoms with Crippen LogP contribution in [0.2, 0.25) is 0 Å². The SMILES string of the molecule is CCC(CC1CC1)NC(C)C(=O)Nc1ccccc1. The lowest BCUT2D eigenvalue weighted by Crippen LogP contribution is -2.44. The van der Waals surface area contributed by atoms with Gasteiger partial charge in [0.2, 0.25) is 5.91 Å². The lowest BCUT2D eigenvalue weighted by atomic mass is 10.1. The van der Waals surface area contributed by atoms with E-state index in [0.717, 1.165) is 18.0 Å². The fraction of sp³-hybridized carbons (Fsp3) is 0.562. The van der Waals surface area contributed by atoms with Gasteiger partial charge < -0.3 is 10.6 Å². The van der Waals surface area contributed by atoms with Crippen LogP contribution in [0, 0.1) is 5.92 Å². The summed E-state index contributed by atoms with van der Waals surface area (Å²) < 4.78 is 0. The molecule has 0 spiro atoms. The molecule has 0 radical (unpaired) electrons. The van der Waals surface area contributed by atoms with E-state index in [1.165, 1.54) is 19.3 Å². The van der Waals surface area contributed by atoms with Gasteiger partial charge in [0.05, 0.1) is 6.04 Å². The van der Waals surface area contributed by atoms with E-state index in [1.54, 1.807) is 0 Å². The summed E-state index contributed by atoms with van der Waals surface area (Å²) in [5.41, 5.74) is 0.858. The normalized spacial score (nSPS) is 17.8. The van der Waals surface area contributed by atoms with Gasteiger partial charge in [0.1, 0.15) is 0 Å². The summed E-state index contributed by atoms with van der Waals surface area (Å²) in [5, 5.41) is 6.38. The second-order valence-corrected chi connectivity index (χ2v) is 5.53. The van der Waals surface area contributed by atoms with Gasteiger partial charge in [0.15, 0.2) is 0 Å². The molecule has 1 aliphatic rings. The Labute approximate surface area is 115 Å². The number of amides is 1. The molecule has 0 heterocycles. The summed E-state index contributed by atoms with van der Waals surface area (Å²) in [6.45, 7) is 4.12. The monoisotopic (exact) mass is 260 g/mol. The molecule has 0 aromatic heterocycles. The van der Waals surface area contributed by atoms with Gasteiger partial charge in [-0.1, -0.05) is 38.0 Å². The quantitative estimate of drug-likeness (QED) is 0.790. The number of rotatable bonds is 7. The number of anilines is 1. The molecule has 1 amide bonds. The molecule has 3 nitrogen and oxygen atoms in total. The molecular formula is C16H24N2O. The van der Waals surface area contributed by atoms with Crippen molar-refractivity contribution in [2.45, 2.75) is 51.6 Å². The van der Waals surface area contributed by atoms with Gasteiger partial charge in [-0.15, -0.1) is 0 Å². The zero-order valence-electron chi connectivity index (χ0n) is 11.9. The summed E-state index contributed by atoms with van der Waals surface area (Å²) in [5.74, 6) is 0.933. The molecular weight excluding hydrogens is 236 g/mol. The Balaban J connectivity index is 1.80. The highest BCUT2D eigenvalue weighted by molar-refractivity contribution is 5.94. The van der Waals surface area contributed by atoms with Crippen LogP contribution in [-0.2, 0) is 4.79 Å². The van der Waals surface area contributed by atoms with Gasteiger partial charge in [-0.05, 0) is 37.8 Å². The Morgan fingerprint density at radius 3 is 2.58 bits per heavy atom. The lowest BCUT2D eigenvalue weighted by Gasteiger charge is -2.21. The average molecular weight is 260 g/mol. The molecule has 0 bridgehead atoms. The summed E-state index contributed by atoms with van der Waals surface area (Å²) in [4.78, 5) is 12.1. The zero-order valence-corrected chi connectivity index (χ0v) is 11.9. The first kappa shape index (κ1) is 14.1. The predicted octanol–water partition coefficient (Wildman–Crippen LogP) is 3.18. The Hall–Kier alpha value is -1.35. The van der Waals surface area contributed by atoms with Crippen LogP contribution in [0.25, 0.3) is 0 Å². The fourth-order valence-electron chi connectivity index (χ4n) is 2.31. The minimum absolute atomic E-state index is 0.0421. The van der Waals surface area contributed by atoms with E-state index in [0.29, 0.717) is 6.04 Å². The van der Waals surface area contributed by atoms with Crippen molar-refractivity contribution in [3.05, 3.63) is 30.3 Å². The topological polar surface area (TPSA) is 41.1 Å². The molecule has 2 rings (SSSR count). The van der Waals surface area contributed by atoms with Crippen molar-refractivity contribution in [2.24, 2.45) is 5.92 Å². The van der Waals surface area contributed by atoms with Crippen molar-refractivity contribution in [2.75, 3.05) is 5.32 Å². The molecule has 104 valence electrons. The minimum Gasteiger partial charge on any atom is -0.325 e. The highest BCUT2D eigenvalue weighted by Crippen LogP contribution is 2.34. The highest BCUT2D eigenvalue weighted by Gasteiger charge is 2.26. The lowest BCUT2D eigenvalue weighted by molar-refractivity contribution is -0.118. The summed E-state index contributed by atoms with van der Waals surface area (Å²) in [7, 11) is 0. The van der Waals surface area contributed by atoms with E-state index in [9.17, 15) is 4.79 Å². The Morgan fingerprint density at radius 2 is 2.00 bits per heavy atom. The van der Waals surface area contributed by atoms with Crippen LogP contribution in [-0.4, -0.2) is 18.0 Å². The van der Waals surface area contributed by atoms with Crippen LogP contribution in [0.1, 0.15) is 39.5 Å². The Morgan fingerprint density at radius 1 is 1.32 bits per heavy atom. The Kier molecular flexibility index (Phi) is 4.97. The molecule has 1 saturated carbocycles. The van der Waals surface area contributed by atoms with Crippen molar-refractivity contribution < 1.29 is 4.79 Å². The fourth-order valence-corrected chi connectivity index (χ4v) is 2.31. The van der Waals surface area contributed by atoms with E-state index in [1.807, 2.05) is 37.3 Å². The van der Waals surface area contributed by atoms with Crippen molar-refractivity contribution in [1.29, 1.82) is 0 Å². The van der Waals surface area contributed by atoms with Crippen LogP contribution < -0.4 is 10.6 Å². The summed E-state index contributed by atoms with van der Waals surface area (Å²) >= 11 is 0. The molecule has 1 aliphatic carbocycles. The second-order valence-electron chi connectivity index (χ2n) is 5.53. The minimum atomic E-state index is -0.149. The third kappa shape index (κ3) is 4.67. The van der Waals surface area contributed by atoms with Gasteiger partial charge in [-0.3, -0.25) is 4.79 Å². The van der Waals surface area contributed by atoms with Crippen molar-refractivity contribution >= 4 is 11.6 Å². The molecule has 1 aromatic rings. The van der Waals surface area contributed by atoms with E-state index in [-0.39, 0.29) is 11.9 Å². The first-order valence-electron chi connectivity index (χ1n) is 7.31. The molecule has 0 aliphatic heterocycles. The van der Waals surface area contributed by atoms with Gasteiger partial charge in [-0.2, -0.15) is 0 Å².